The van der Waals surface area contributed by atoms with Gasteiger partial charge in [-0.2, -0.15) is 0 Å². The first kappa shape index (κ1) is 12.5. The quantitative estimate of drug-likeness (QED) is 0.901. The van der Waals surface area contributed by atoms with Crippen LogP contribution in [0.4, 0.5) is 5.69 Å². The topological polar surface area (TPSA) is 15.3 Å². The van der Waals surface area contributed by atoms with E-state index in [1.54, 1.807) is 0 Å². The van der Waals surface area contributed by atoms with Crippen LogP contribution in [0, 0.1) is 0 Å². The fourth-order valence-corrected chi connectivity index (χ4v) is 2.72. The summed E-state index contributed by atoms with van der Waals surface area (Å²) >= 11 is 6.27. The fourth-order valence-electron chi connectivity index (χ4n) is 2.52. The Morgan fingerprint density at radius 3 is 2.74 bits per heavy atom. The van der Waals surface area contributed by atoms with E-state index in [2.05, 4.69) is 40.5 Å². The second-order valence-corrected chi connectivity index (χ2v) is 5.23. The zero-order valence-corrected chi connectivity index (χ0v) is 11.5. The van der Waals surface area contributed by atoms with Gasteiger partial charge in [-0.15, -0.1) is 0 Å². The van der Waals surface area contributed by atoms with E-state index in [1.165, 1.54) is 16.8 Å². The molecular formula is C16H17ClN2. The lowest BCUT2D eigenvalue weighted by Gasteiger charge is -2.25. The van der Waals surface area contributed by atoms with E-state index in [0.29, 0.717) is 0 Å². The molecule has 0 radical (unpaired) electrons. The average Bonchev–Trinajstić information content (AvgIpc) is 2.64. The number of rotatable bonds is 2. The first-order chi connectivity index (χ1) is 9.34. The summed E-state index contributed by atoms with van der Waals surface area (Å²) in [5, 5.41) is 4.30. The lowest BCUT2D eigenvalue weighted by Crippen LogP contribution is -2.28. The molecule has 0 amide bonds. The predicted octanol–water partition coefficient (Wildman–Crippen LogP) is 3.45. The van der Waals surface area contributed by atoms with Crippen molar-refractivity contribution in [1.82, 2.24) is 5.32 Å². The van der Waals surface area contributed by atoms with Crippen molar-refractivity contribution in [3.63, 3.8) is 0 Å². The molecule has 1 N–H and O–H groups in total. The Labute approximate surface area is 119 Å². The molecule has 0 aromatic heterocycles. The molecule has 0 fully saturated rings. The molecule has 2 nitrogen and oxygen atoms in total. The van der Waals surface area contributed by atoms with Crippen molar-refractivity contribution in [3.05, 3.63) is 64.7 Å². The average molecular weight is 273 g/mol. The maximum Gasteiger partial charge on any atom is 0.0455 e. The van der Waals surface area contributed by atoms with Gasteiger partial charge in [-0.1, -0.05) is 48.0 Å². The van der Waals surface area contributed by atoms with Crippen molar-refractivity contribution in [2.45, 2.75) is 13.1 Å². The van der Waals surface area contributed by atoms with Gasteiger partial charge >= 0.3 is 0 Å². The number of benzene rings is 2. The molecule has 0 aliphatic carbocycles. The van der Waals surface area contributed by atoms with Gasteiger partial charge in [0.05, 0.1) is 0 Å². The van der Waals surface area contributed by atoms with Gasteiger partial charge in [0, 0.05) is 36.9 Å². The van der Waals surface area contributed by atoms with Crippen LogP contribution in [0.2, 0.25) is 5.02 Å². The van der Waals surface area contributed by atoms with Crippen LogP contribution in [0.5, 0.6) is 0 Å². The van der Waals surface area contributed by atoms with Crippen LogP contribution in [0.15, 0.2) is 48.5 Å². The van der Waals surface area contributed by atoms with E-state index < -0.39 is 0 Å². The highest BCUT2D eigenvalue weighted by Crippen LogP contribution is 2.25. The minimum absolute atomic E-state index is 0.845. The Kier molecular flexibility index (Phi) is 3.72. The third-order valence-corrected chi connectivity index (χ3v) is 3.89. The summed E-state index contributed by atoms with van der Waals surface area (Å²) in [5.74, 6) is 0. The van der Waals surface area contributed by atoms with Gasteiger partial charge in [0.15, 0.2) is 0 Å². The zero-order chi connectivity index (χ0) is 13.1. The summed E-state index contributed by atoms with van der Waals surface area (Å²) in [6.07, 6.45) is 0. The van der Waals surface area contributed by atoms with Crippen molar-refractivity contribution in [2.24, 2.45) is 0 Å². The van der Waals surface area contributed by atoms with Crippen molar-refractivity contribution in [3.8, 4) is 0 Å². The molecule has 98 valence electrons. The summed E-state index contributed by atoms with van der Waals surface area (Å²) < 4.78 is 0. The third-order valence-electron chi connectivity index (χ3n) is 3.53. The number of halogens is 1. The zero-order valence-electron chi connectivity index (χ0n) is 10.8. The molecule has 0 saturated heterocycles. The van der Waals surface area contributed by atoms with E-state index in [0.717, 1.165) is 31.2 Å². The van der Waals surface area contributed by atoms with Gasteiger partial charge in [0.25, 0.3) is 0 Å². The monoisotopic (exact) mass is 272 g/mol. The van der Waals surface area contributed by atoms with Crippen LogP contribution < -0.4 is 10.2 Å². The number of hydrogen-bond acceptors (Lipinski definition) is 2. The molecule has 0 unspecified atom stereocenters. The van der Waals surface area contributed by atoms with Crippen molar-refractivity contribution >= 4 is 17.3 Å². The number of anilines is 1. The third kappa shape index (κ3) is 2.75. The number of para-hydroxylation sites is 1. The first-order valence-electron chi connectivity index (χ1n) is 6.61. The summed E-state index contributed by atoms with van der Waals surface area (Å²) in [5.41, 5.74) is 3.85. The molecule has 19 heavy (non-hydrogen) atoms. The Balaban J connectivity index is 1.91. The predicted molar refractivity (Wildman–Crippen MR) is 80.7 cm³/mol. The maximum absolute atomic E-state index is 6.27. The fraction of sp³-hybridized carbons (Fsp3) is 0.250. The lowest BCUT2D eigenvalue weighted by atomic mass is 10.1. The first-order valence-corrected chi connectivity index (χ1v) is 6.99. The molecule has 3 rings (SSSR count). The van der Waals surface area contributed by atoms with E-state index in [1.807, 2.05) is 18.2 Å². The molecule has 1 heterocycles. The van der Waals surface area contributed by atoms with E-state index in [-0.39, 0.29) is 0 Å². The lowest BCUT2D eigenvalue weighted by molar-refractivity contribution is 0.688. The van der Waals surface area contributed by atoms with Gasteiger partial charge in [-0.05, 0) is 23.3 Å². The molecule has 0 spiro atoms. The molecule has 2 aromatic rings. The summed E-state index contributed by atoms with van der Waals surface area (Å²) in [6.45, 7) is 3.80. The SMILES string of the molecule is Clc1ccccc1CN1CCNCc2ccccc21. The molecule has 0 saturated carbocycles. The minimum Gasteiger partial charge on any atom is -0.366 e. The Bertz CT molecular complexity index is 568. The highest BCUT2D eigenvalue weighted by Gasteiger charge is 2.15. The second-order valence-electron chi connectivity index (χ2n) is 4.82. The standard InChI is InChI=1S/C16H17ClN2/c17-15-7-3-1-6-14(15)12-19-10-9-18-11-13-5-2-4-8-16(13)19/h1-8,18H,9-12H2. The van der Waals surface area contributed by atoms with Crippen LogP contribution >= 0.6 is 11.6 Å². The van der Waals surface area contributed by atoms with Crippen molar-refractivity contribution in [2.75, 3.05) is 18.0 Å². The van der Waals surface area contributed by atoms with Gasteiger partial charge < -0.3 is 10.2 Å². The molecule has 3 heteroatoms. The summed E-state index contributed by atoms with van der Waals surface area (Å²) in [6, 6.07) is 16.7. The highest BCUT2D eigenvalue weighted by atomic mass is 35.5. The molecular weight excluding hydrogens is 256 g/mol. The molecule has 0 atom stereocenters. The van der Waals surface area contributed by atoms with Crippen LogP contribution in [0.3, 0.4) is 0 Å². The number of hydrogen-bond donors (Lipinski definition) is 1. The molecule has 1 aliphatic heterocycles. The van der Waals surface area contributed by atoms with Gasteiger partial charge in [-0.3, -0.25) is 0 Å². The minimum atomic E-state index is 0.845. The number of nitrogens with one attached hydrogen (secondary N) is 1. The summed E-state index contributed by atoms with van der Waals surface area (Å²) in [4.78, 5) is 2.40. The van der Waals surface area contributed by atoms with Crippen molar-refractivity contribution in [1.29, 1.82) is 0 Å². The Hall–Kier alpha value is -1.51. The second kappa shape index (κ2) is 5.64. The van der Waals surface area contributed by atoms with Crippen LogP contribution in [-0.4, -0.2) is 13.1 Å². The van der Waals surface area contributed by atoms with Crippen molar-refractivity contribution < 1.29 is 0 Å². The van der Waals surface area contributed by atoms with Gasteiger partial charge in [0.1, 0.15) is 0 Å². The summed E-state index contributed by atoms with van der Waals surface area (Å²) in [7, 11) is 0. The number of fused-ring (bicyclic) bond motifs is 1. The normalized spacial score (nSPS) is 14.9. The van der Waals surface area contributed by atoms with Crippen LogP contribution in [-0.2, 0) is 13.1 Å². The van der Waals surface area contributed by atoms with Crippen LogP contribution in [0.25, 0.3) is 0 Å². The largest absolute Gasteiger partial charge is 0.366 e. The van der Waals surface area contributed by atoms with Gasteiger partial charge in [0.2, 0.25) is 0 Å². The van der Waals surface area contributed by atoms with E-state index >= 15 is 0 Å². The molecule has 1 aliphatic rings. The Morgan fingerprint density at radius 1 is 1.05 bits per heavy atom. The number of nitrogens with zero attached hydrogens (tertiary/aromatic N) is 1. The molecule has 2 aromatic carbocycles. The Morgan fingerprint density at radius 2 is 1.84 bits per heavy atom. The van der Waals surface area contributed by atoms with E-state index in [4.69, 9.17) is 11.6 Å². The smallest absolute Gasteiger partial charge is 0.0455 e. The maximum atomic E-state index is 6.27. The van der Waals surface area contributed by atoms with E-state index in [9.17, 15) is 0 Å². The van der Waals surface area contributed by atoms with Gasteiger partial charge in [-0.25, -0.2) is 0 Å². The highest BCUT2D eigenvalue weighted by molar-refractivity contribution is 6.31. The molecule has 0 bridgehead atoms. The van der Waals surface area contributed by atoms with Crippen LogP contribution in [0.1, 0.15) is 11.1 Å².